The van der Waals surface area contributed by atoms with Gasteiger partial charge in [0.1, 0.15) is 0 Å². The zero-order valence-corrected chi connectivity index (χ0v) is 16.1. The van der Waals surface area contributed by atoms with Gasteiger partial charge in [0.05, 0.1) is 17.2 Å². The Balaban J connectivity index is 1.52. The molecule has 0 aliphatic carbocycles. The van der Waals surface area contributed by atoms with Crippen LogP contribution in [0.2, 0.25) is 0 Å². The number of carbonyl (C=O) groups is 1. The summed E-state index contributed by atoms with van der Waals surface area (Å²) < 4.78 is 25.1. The van der Waals surface area contributed by atoms with Gasteiger partial charge in [-0.05, 0) is 39.3 Å². The maximum atomic E-state index is 12.7. The first kappa shape index (κ1) is 18.4. The maximum absolute atomic E-state index is 12.7. The van der Waals surface area contributed by atoms with Gasteiger partial charge in [-0.1, -0.05) is 0 Å². The molecule has 1 aromatic heterocycles. The van der Waals surface area contributed by atoms with Crippen molar-refractivity contribution in [2.24, 2.45) is 13.0 Å². The molecule has 3 rings (SSSR count). The van der Waals surface area contributed by atoms with Crippen LogP contribution in [-0.2, 0) is 28.2 Å². The molecule has 25 heavy (non-hydrogen) atoms. The number of sulfone groups is 1. The van der Waals surface area contributed by atoms with Gasteiger partial charge in [-0.25, -0.2) is 8.42 Å². The van der Waals surface area contributed by atoms with E-state index in [2.05, 4.69) is 10.00 Å². The molecule has 0 N–H and O–H groups in total. The van der Waals surface area contributed by atoms with Crippen molar-refractivity contribution in [1.29, 1.82) is 0 Å². The topological polar surface area (TPSA) is 75.5 Å². The number of rotatable bonds is 4. The predicted octanol–water partition coefficient (Wildman–Crippen LogP) is 0.586. The van der Waals surface area contributed by atoms with E-state index in [0.29, 0.717) is 12.3 Å². The largest absolute Gasteiger partial charge is 0.341 e. The number of carbonyl (C=O) groups excluding carboxylic acids is 1. The summed E-state index contributed by atoms with van der Waals surface area (Å²) in [7, 11) is 0.889. The lowest BCUT2D eigenvalue weighted by atomic mass is 9.94. The maximum Gasteiger partial charge on any atom is 0.225 e. The highest BCUT2D eigenvalue weighted by Crippen LogP contribution is 2.25. The van der Waals surface area contributed by atoms with E-state index in [0.717, 1.165) is 43.6 Å². The van der Waals surface area contributed by atoms with Crippen molar-refractivity contribution < 1.29 is 13.2 Å². The van der Waals surface area contributed by atoms with Crippen molar-refractivity contribution in [2.45, 2.75) is 38.8 Å². The summed E-state index contributed by atoms with van der Waals surface area (Å²) in [5, 5.41) is 4.32. The molecular formula is C17H28N4O3S. The fraction of sp³-hybridized carbons (Fsp3) is 0.765. The molecule has 1 amide bonds. The molecule has 2 aliphatic heterocycles. The molecule has 1 atom stereocenters. The number of likely N-dealkylation sites (tertiary alicyclic amines) is 1. The lowest BCUT2D eigenvalue weighted by Gasteiger charge is -2.36. The van der Waals surface area contributed by atoms with Crippen LogP contribution in [-0.4, -0.2) is 71.6 Å². The molecule has 0 unspecified atom stereocenters. The Labute approximate surface area is 149 Å². The summed E-state index contributed by atoms with van der Waals surface area (Å²) >= 11 is 0. The van der Waals surface area contributed by atoms with Gasteiger partial charge in [-0.3, -0.25) is 14.4 Å². The second kappa shape index (κ2) is 7.07. The molecular weight excluding hydrogens is 340 g/mol. The summed E-state index contributed by atoms with van der Waals surface area (Å²) in [4.78, 5) is 16.8. The molecule has 0 spiro atoms. The Morgan fingerprint density at radius 1 is 1.32 bits per heavy atom. The SMILES string of the molecule is Cc1nn(C)cc1CN(C)C(=O)C1CCN([C@@H]2CCS(=O)(=O)C2)CC1. The quantitative estimate of drug-likeness (QED) is 0.777. The molecule has 1 aromatic rings. The first-order valence-corrected chi connectivity index (χ1v) is 10.8. The number of nitrogens with zero attached hydrogens (tertiary/aromatic N) is 4. The van der Waals surface area contributed by atoms with Gasteiger partial charge in [-0.15, -0.1) is 0 Å². The van der Waals surface area contributed by atoms with Gasteiger partial charge in [-0.2, -0.15) is 5.10 Å². The minimum Gasteiger partial charge on any atom is -0.341 e. The molecule has 2 fully saturated rings. The first-order valence-electron chi connectivity index (χ1n) is 8.94. The van der Waals surface area contributed by atoms with Gasteiger partial charge < -0.3 is 4.90 Å². The van der Waals surface area contributed by atoms with Crippen LogP contribution in [0, 0.1) is 12.8 Å². The van der Waals surface area contributed by atoms with Crippen molar-refractivity contribution in [3.8, 4) is 0 Å². The molecule has 0 bridgehead atoms. The minimum atomic E-state index is -2.85. The van der Waals surface area contributed by atoms with Crippen molar-refractivity contribution in [2.75, 3.05) is 31.6 Å². The fourth-order valence-electron chi connectivity index (χ4n) is 4.02. The van der Waals surface area contributed by atoms with Gasteiger partial charge in [0, 0.05) is 44.4 Å². The zero-order chi connectivity index (χ0) is 18.2. The molecule has 0 saturated carbocycles. The van der Waals surface area contributed by atoms with E-state index in [-0.39, 0.29) is 23.6 Å². The van der Waals surface area contributed by atoms with Crippen LogP contribution < -0.4 is 0 Å². The molecule has 2 saturated heterocycles. The molecule has 0 aromatic carbocycles. The Bertz CT molecular complexity index is 735. The fourth-order valence-corrected chi connectivity index (χ4v) is 5.79. The Hall–Kier alpha value is -1.41. The summed E-state index contributed by atoms with van der Waals surface area (Å²) in [6, 6.07) is 0.150. The van der Waals surface area contributed by atoms with Gasteiger partial charge in [0.2, 0.25) is 5.91 Å². The van der Waals surface area contributed by atoms with Gasteiger partial charge >= 0.3 is 0 Å². The lowest BCUT2D eigenvalue weighted by Crippen LogP contribution is -2.45. The van der Waals surface area contributed by atoms with Crippen molar-refractivity contribution >= 4 is 15.7 Å². The number of aromatic nitrogens is 2. The smallest absolute Gasteiger partial charge is 0.225 e. The van der Waals surface area contributed by atoms with E-state index in [9.17, 15) is 13.2 Å². The van der Waals surface area contributed by atoms with Crippen molar-refractivity contribution in [3.05, 3.63) is 17.5 Å². The zero-order valence-electron chi connectivity index (χ0n) is 15.3. The van der Waals surface area contributed by atoms with E-state index in [4.69, 9.17) is 0 Å². The highest BCUT2D eigenvalue weighted by atomic mass is 32.2. The second-order valence-corrected chi connectivity index (χ2v) is 9.70. The van der Waals surface area contributed by atoms with Crippen LogP contribution in [0.25, 0.3) is 0 Å². The molecule has 2 aliphatic rings. The van der Waals surface area contributed by atoms with E-state index >= 15 is 0 Å². The highest BCUT2D eigenvalue weighted by Gasteiger charge is 2.35. The summed E-state index contributed by atoms with van der Waals surface area (Å²) in [5.41, 5.74) is 2.03. The normalized spacial score (nSPS) is 24.5. The third-order valence-electron chi connectivity index (χ3n) is 5.50. The standard InChI is InChI=1S/C17H28N4O3S/c1-13-15(11-20(3)18-13)10-19(2)17(22)14-4-7-21(8-5-14)16-6-9-25(23,24)12-16/h11,14,16H,4-10,12H2,1-3H3/t16-/m1/s1. The van der Waals surface area contributed by atoms with Crippen molar-refractivity contribution in [1.82, 2.24) is 19.6 Å². The van der Waals surface area contributed by atoms with Crippen LogP contribution in [0.15, 0.2) is 6.20 Å². The van der Waals surface area contributed by atoms with E-state index < -0.39 is 9.84 Å². The predicted molar refractivity (Wildman–Crippen MR) is 95.8 cm³/mol. The van der Waals surface area contributed by atoms with Crippen LogP contribution in [0.5, 0.6) is 0 Å². The number of piperidine rings is 1. The summed E-state index contributed by atoms with van der Waals surface area (Å²) in [6.45, 7) is 4.17. The summed E-state index contributed by atoms with van der Waals surface area (Å²) in [6.07, 6.45) is 4.32. The number of hydrogen-bond acceptors (Lipinski definition) is 5. The molecule has 7 nitrogen and oxygen atoms in total. The van der Waals surface area contributed by atoms with Crippen LogP contribution in [0.4, 0.5) is 0 Å². The number of amides is 1. The second-order valence-electron chi connectivity index (χ2n) is 7.47. The number of hydrogen-bond donors (Lipinski definition) is 0. The van der Waals surface area contributed by atoms with E-state index in [1.807, 2.05) is 27.2 Å². The first-order chi connectivity index (χ1) is 11.7. The van der Waals surface area contributed by atoms with Gasteiger partial charge in [0.25, 0.3) is 0 Å². The number of aryl methyl sites for hydroxylation is 2. The lowest BCUT2D eigenvalue weighted by molar-refractivity contribution is -0.136. The third kappa shape index (κ3) is 4.23. The Morgan fingerprint density at radius 3 is 2.52 bits per heavy atom. The Morgan fingerprint density at radius 2 is 2.00 bits per heavy atom. The monoisotopic (exact) mass is 368 g/mol. The van der Waals surface area contributed by atoms with Crippen LogP contribution >= 0.6 is 0 Å². The summed E-state index contributed by atoms with van der Waals surface area (Å²) in [5.74, 6) is 0.813. The highest BCUT2D eigenvalue weighted by molar-refractivity contribution is 7.91. The van der Waals surface area contributed by atoms with Crippen molar-refractivity contribution in [3.63, 3.8) is 0 Å². The third-order valence-corrected chi connectivity index (χ3v) is 7.25. The van der Waals surface area contributed by atoms with E-state index in [1.165, 1.54) is 0 Å². The minimum absolute atomic E-state index is 0.0382. The molecule has 0 radical (unpaired) electrons. The Kier molecular flexibility index (Phi) is 5.20. The molecule has 3 heterocycles. The van der Waals surface area contributed by atoms with Crippen LogP contribution in [0.1, 0.15) is 30.5 Å². The average molecular weight is 369 g/mol. The van der Waals surface area contributed by atoms with E-state index in [1.54, 1.807) is 9.58 Å². The molecule has 140 valence electrons. The van der Waals surface area contributed by atoms with Gasteiger partial charge in [0.15, 0.2) is 9.84 Å². The van der Waals surface area contributed by atoms with Crippen LogP contribution in [0.3, 0.4) is 0 Å². The average Bonchev–Trinajstić information content (AvgIpc) is 3.08. The molecule has 8 heteroatoms.